The van der Waals surface area contributed by atoms with Crippen molar-refractivity contribution < 1.29 is 4.42 Å². The van der Waals surface area contributed by atoms with Gasteiger partial charge in [-0.25, -0.2) is 0 Å². The topological polar surface area (TPSA) is 25.2 Å². The van der Waals surface area contributed by atoms with E-state index in [0.29, 0.717) is 0 Å². The van der Waals surface area contributed by atoms with E-state index in [1.165, 1.54) is 11.1 Å². The van der Waals surface area contributed by atoms with E-state index in [4.69, 9.17) is 4.42 Å². The first-order chi connectivity index (χ1) is 7.75. The molecule has 0 bridgehead atoms. The molecule has 0 radical (unpaired) electrons. The second-order valence-corrected chi connectivity index (χ2v) is 4.03. The Morgan fingerprint density at radius 3 is 2.44 bits per heavy atom. The van der Waals surface area contributed by atoms with Gasteiger partial charge >= 0.3 is 0 Å². The quantitative estimate of drug-likeness (QED) is 0.847. The van der Waals surface area contributed by atoms with Crippen LogP contribution in [0, 0.1) is 13.8 Å². The fourth-order valence-electron chi connectivity index (χ4n) is 1.80. The molecule has 84 valence electrons. The van der Waals surface area contributed by atoms with Crippen LogP contribution in [0.5, 0.6) is 0 Å². The van der Waals surface area contributed by atoms with Gasteiger partial charge in [0.1, 0.15) is 11.5 Å². The SMILES string of the molecule is Cc1cc(CNCc2ccccc2)c(C)o1. The molecule has 0 aliphatic carbocycles. The van der Waals surface area contributed by atoms with E-state index in [9.17, 15) is 0 Å². The highest BCUT2D eigenvalue weighted by atomic mass is 16.3. The zero-order chi connectivity index (χ0) is 11.4. The average molecular weight is 215 g/mol. The zero-order valence-corrected chi connectivity index (χ0v) is 9.79. The van der Waals surface area contributed by atoms with Gasteiger partial charge in [-0.15, -0.1) is 0 Å². The van der Waals surface area contributed by atoms with Gasteiger partial charge in [-0.05, 0) is 25.5 Å². The molecular formula is C14H17NO. The van der Waals surface area contributed by atoms with Gasteiger partial charge in [0.15, 0.2) is 0 Å². The lowest BCUT2D eigenvalue weighted by Crippen LogP contribution is -2.12. The molecule has 1 heterocycles. The van der Waals surface area contributed by atoms with Crippen LogP contribution in [-0.4, -0.2) is 0 Å². The van der Waals surface area contributed by atoms with E-state index < -0.39 is 0 Å². The molecule has 1 aromatic heterocycles. The first-order valence-corrected chi connectivity index (χ1v) is 5.56. The predicted octanol–water partition coefficient (Wildman–Crippen LogP) is 3.19. The number of nitrogens with one attached hydrogen (secondary N) is 1. The molecule has 1 aromatic carbocycles. The van der Waals surface area contributed by atoms with E-state index in [1.807, 2.05) is 19.9 Å². The van der Waals surface area contributed by atoms with Crippen molar-refractivity contribution in [3.8, 4) is 0 Å². The number of aryl methyl sites for hydroxylation is 2. The summed E-state index contributed by atoms with van der Waals surface area (Å²) in [6, 6.07) is 12.5. The minimum atomic E-state index is 0.859. The molecule has 0 saturated heterocycles. The zero-order valence-electron chi connectivity index (χ0n) is 9.79. The third-order valence-electron chi connectivity index (χ3n) is 2.63. The smallest absolute Gasteiger partial charge is 0.105 e. The normalized spacial score (nSPS) is 10.6. The standard InChI is InChI=1S/C14H17NO/c1-11-8-14(12(2)16-11)10-15-9-13-6-4-3-5-7-13/h3-8,15H,9-10H2,1-2H3. The molecule has 2 aromatic rings. The first kappa shape index (κ1) is 11.0. The summed E-state index contributed by atoms with van der Waals surface area (Å²) in [5.74, 6) is 1.99. The molecule has 0 saturated carbocycles. The maximum Gasteiger partial charge on any atom is 0.105 e. The van der Waals surface area contributed by atoms with Crippen molar-refractivity contribution in [2.75, 3.05) is 0 Å². The highest BCUT2D eigenvalue weighted by Gasteiger charge is 2.03. The van der Waals surface area contributed by atoms with Crippen molar-refractivity contribution >= 4 is 0 Å². The summed E-state index contributed by atoms with van der Waals surface area (Å²) in [5, 5.41) is 3.41. The van der Waals surface area contributed by atoms with Crippen LogP contribution in [0.15, 0.2) is 40.8 Å². The Bertz CT molecular complexity index is 445. The summed E-state index contributed by atoms with van der Waals surface area (Å²) in [6.45, 7) is 5.74. The molecule has 0 aliphatic rings. The molecule has 0 atom stereocenters. The van der Waals surface area contributed by atoms with E-state index in [0.717, 1.165) is 24.6 Å². The van der Waals surface area contributed by atoms with Gasteiger partial charge in [-0.2, -0.15) is 0 Å². The Morgan fingerprint density at radius 2 is 1.81 bits per heavy atom. The second-order valence-electron chi connectivity index (χ2n) is 4.03. The molecule has 2 heteroatoms. The summed E-state index contributed by atoms with van der Waals surface area (Å²) >= 11 is 0. The number of rotatable bonds is 4. The third-order valence-corrected chi connectivity index (χ3v) is 2.63. The molecule has 2 rings (SSSR count). The molecule has 0 spiro atoms. The van der Waals surface area contributed by atoms with E-state index in [1.54, 1.807) is 0 Å². The molecule has 0 fully saturated rings. The first-order valence-electron chi connectivity index (χ1n) is 5.56. The summed E-state index contributed by atoms with van der Waals surface area (Å²) in [6.07, 6.45) is 0. The lowest BCUT2D eigenvalue weighted by Gasteiger charge is -2.03. The van der Waals surface area contributed by atoms with E-state index in [2.05, 4.69) is 35.6 Å². The summed E-state index contributed by atoms with van der Waals surface area (Å²) in [7, 11) is 0. The van der Waals surface area contributed by atoms with Gasteiger partial charge in [0.25, 0.3) is 0 Å². The molecule has 0 amide bonds. The van der Waals surface area contributed by atoms with Crippen LogP contribution in [0.25, 0.3) is 0 Å². The van der Waals surface area contributed by atoms with Gasteiger partial charge in [0, 0.05) is 18.7 Å². The second kappa shape index (κ2) is 4.99. The van der Waals surface area contributed by atoms with Crippen molar-refractivity contribution in [2.24, 2.45) is 0 Å². The minimum absolute atomic E-state index is 0.859. The van der Waals surface area contributed by atoms with Crippen molar-refractivity contribution in [2.45, 2.75) is 26.9 Å². The fraction of sp³-hybridized carbons (Fsp3) is 0.286. The number of furan rings is 1. The van der Waals surface area contributed by atoms with Crippen molar-refractivity contribution in [3.05, 3.63) is 59.0 Å². The number of hydrogen-bond acceptors (Lipinski definition) is 2. The maximum atomic E-state index is 5.48. The van der Waals surface area contributed by atoms with Crippen LogP contribution >= 0.6 is 0 Å². The maximum absolute atomic E-state index is 5.48. The molecular weight excluding hydrogens is 198 g/mol. The number of hydrogen-bond donors (Lipinski definition) is 1. The Morgan fingerprint density at radius 1 is 1.06 bits per heavy atom. The molecule has 2 nitrogen and oxygen atoms in total. The minimum Gasteiger partial charge on any atom is -0.466 e. The molecule has 1 N–H and O–H groups in total. The highest BCUT2D eigenvalue weighted by molar-refractivity contribution is 5.20. The monoisotopic (exact) mass is 215 g/mol. The van der Waals surface area contributed by atoms with Gasteiger partial charge in [-0.3, -0.25) is 0 Å². The Balaban J connectivity index is 1.87. The van der Waals surface area contributed by atoms with Gasteiger partial charge in [0.2, 0.25) is 0 Å². The highest BCUT2D eigenvalue weighted by Crippen LogP contribution is 2.13. The third kappa shape index (κ3) is 2.74. The summed E-state index contributed by atoms with van der Waals surface area (Å²) < 4.78 is 5.48. The Kier molecular flexibility index (Phi) is 3.42. The van der Waals surface area contributed by atoms with Crippen LogP contribution in [0.1, 0.15) is 22.6 Å². The van der Waals surface area contributed by atoms with E-state index in [-0.39, 0.29) is 0 Å². The lowest BCUT2D eigenvalue weighted by molar-refractivity contribution is 0.499. The van der Waals surface area contributed by atoms with Crippen LogP contribution in [0.4, 0.5) is 0 Å². The lowest BCUT2D eigenvalue weighted by atomic mass is 10.2. The van der Waals surface area contributed by atoms with Gasteiger partial charge in [0.05, 0.1) is 0 Å². The van der Waals surface area contributed by atoms with E-state index >= 15 is 0 Å². The number of benzene rings is 1. The molecule has 0 unspecified atom stereocenters. The molecule has 0 aliphatic heterocycles. The Labute approximate surface area is 96.3 Å². The van der Waals surface area contributed by atoms with Gasteiger partial charge in [-0.1, -0.05) is 30.3 Å². The van der Waals surface area contributed by atoms with Crippen LogP contribution in [0.3, 0.4) is 0 Å². The van der Waals surface area contributed by atoms with Crippen molar-refractivity contribution in [1.82, 2.24) is 5.32 Å². The summed E-state index contributed by atoms with van der Waals surface area (Å²) in [5.41, 5.74) is 2.55. The molecule has 16 heavy (non-hydrogen) atoms. The van der Waals surface area contributed by atoms with Crippen LogP contribution in [-0.2, 0) is 13.1 Å². The van der Waals surface area contributed by atoms with Gasteiger partial charge < -0.3 is 9.73 Å². The average Bonchev–Trinajstić information content (AvgIpc) is 2.59. The van der Waals surface area contributed by atoms with Crippen molar-refractivity contribution in [1.29, 1.82) is 0 Å². The predicted molar refractivity (Wildman–Crippen MR) is 65.2 cm³/mol. The van der Waals surface area contributed by atoms with Crippen LogP contribution in [0.2, 0.25) is 0 Å². The van der Waals surface area contributed by atoms with Crippen LogP contribution < -0.4 is 5.32 Å². The Hall–Kier alpha value is -1.54. The summed E-state index contributed by atoms with van der Waals surface area (Å²) in [4.78, 5) is 0. The van der Waals surface area contributed by atoms with Crippen molar-refractivity contribution in [3.63, 3.8) is 0 Å². The fourth-order valence-corrected chi connectivity index (χ4v) is 1.80. The largest absolute Gasteiger partial charge is 0.466 e.